The first-order valence-electron chi connectivity index (χ1n) is 8.35. The summed E-state index contributed by atoms with van der Waals surface area (Å²) in [5, 5.41) is 2.78. The van der Waals surface area contributed by atoms with E-state index in [9.17, 15) is 14.4 Å². The molecule has 0 bridgehead atoms. The van der Waals surface area contributed by atoms with Gasteiger partial charge in [0.1, 0.15) is 0 Å². The van der Waals surface area contributed by atoms with Crippen LogP contribution in [-0.2, 0) is 19.1 Å². The van der Waals surface area contributed by atoms with Gasteiger partial charge in [-0.25, -0.2) is 0 Å². The summed E-state index contributed by atoms with van der Waals surface area (Å²) < 4.78 is 5.00. The molecule has 1 aromatic carbocycles. The average molecular weight is 364 g/mol. The van der Waals surface area contributed by atoms with Gasteiger partial charge < -0.3 is 15.0 Å². The predicted octanol–water partition coefficient (Wildman–Crippen LogP) is 2.22. The number of hydrogen-bond donors (Lipinski definition) is 1. The van der Waals surface area contributed by atoms with E-state index in [4.69, 9.17) is 4.74 Å². The number of carbonyl (C=O) groups is 3. The summed E-state index contributed by atoms with van der Waals surface area (Å²) in [5.74, 6) is -0.162. The van der Waals surface area contributed by atoms with E-state index in [1.807, 2.05) is 45.0 Å². The molecule has 1 atom stereocenters. The monoisotopic (exact) mass is 364 g/mol. The molecule has 136 valence electrons. The Kier molecular flexibility index (Phi) is 6.87. The summed E-state index contributed by atoms with van der Waals surface area (Å²) in [6.07, 6.45) is 0.0533. The molecule has 1 N–H and O–H groups in total. The van der Waals surface area contributed by atoms with Gasteiger partial charge in [-0.15, -0.1) is 11.8 Å². The maximum Gasteiger partial charge on any atom is 0.308 e. The van der Waals surface area contributed by atoms with Gasteiger partial charge in [0.25, 0.3) is 5.91 Å². The minimum Gasteiger partial charge on any atom is -0.456 e. The first-order valence-corrected chi connectivity index (χ1v) is 9.34. The fraction of sp³-hybridized carbons (Fsp3) is 0.500. The number of benzene rings is 1. The van der Waals surface area contributed by atoms with Crippen molar-refractivity contribution in [2.45, 2.75) is 38.1 Å². The summed E-state index contributed by atoms with van der Waals surface area (Å²) in [6, 6.07) is 7.63. The van der Waals surface area contributed by atoms with Crippen molar-refractivity contribution >= 4 is 35.2 Å². The Morgan fingerprint density at radius 1 is 1.28 bits per heavy atom. The minimum absolute atomic E-state index is 0.0196. The molecule has 0 spiro atoms. The maximum atomic E-state index is 12.1. The maximum absolute atomic E-state index is 12.1. The quantitative estimate of drug-likeness (QED) is 0.751. The van der Waals surface area contributed by atoms with Gasteiger partial charge in [-0.2, -0.15) is 0 Å². The van der Waals surface area contributed by atoms with Crippen molar-refractivity contribution < 1.29 is 19.1 Å². The molecular weight excluding hydrogens is 340 g/mol. The third kappa shape index (κ3) is 5.49. The van der Waals surface area contributed by atoms with E-state index < -0.39 is 5.97 Å². The molecule has 1 heterocycles. The van der Waals surface area contributed by atoms with Crippen molar-refractivity contribution in [1.29, 1.82) is 0 Å². The number of nitrogens with zero attached hydrogens (tertiary/aromatic N) is 1. The standard InChI is InChI=1S/C18H24N2O4S/c1-12(2)13(3)19-16(21)10-24-18(23)8-9-20-14-6-4-5-7-15(14)25-11-17(20)22/h4-7,12-13H,8-11H2,1-3H3,(H,19,21)/t13-/m0/s1. The Morgan fingerprint density at radius 3 is 2.72 bits per heavy atom. The molecule has 0 saturated heterocycles. The van der Waals surface area contributed by atoms with Crippen molar-refractivity contribution in [2.24, 2.45) is 5.92 Å². The first-order chi connectivity index (χ1) is 11.9. The van der Waals surface area contributed by atoms with Crippen molar-refractivity contribution in [3.05, 3.63) is 24.3 Å². The second-order valence-corrected chi connectivity index (χ2v) is 7.33. The summed E-state index contributed by atoms with van der Waals surface area (Å²) in [7, 11) is 0. The Balaban J connectivity index is 1.80. The number of rotatable bonds is 7. The summed E-state index contributed by atoms with van der Waals surface area (Å²) in [6.45, 7) is 5.86. The van der Waals surface area contributed by atoms with Crippen molar-refractivity contribution in [2.75, 3.05) is 23.8 Å². The van der Waals surface area contributed by atoms with E-state index in [0.29, 0.717) is 11.7 Å². The van der Waals surface area contributed by atoms with Crippen LogP contribution in [0.5, 0.6) is 0 Å². The van der Waals surface area contributed by atoms with Crippen LogP contribution >= 0.6 is 11.8 Å². The summed E-state index contributed by atoms with van der Waals surface area (Å²) >= 11 is 1.50. The van der Waals surface area contributed by atoms with E-state index in [2.05, 4.69) is 5.32 Å². The van der Waals surface area contributed by atoms with Crippen LogP contribution in [0.1, 0.15) is 27.2 Å². The molecule has 0 radical (unpaired) electrons. The van der Waals surface area contributed by atoms with Gasteiger partial charge in [-0.1, -0.05) is 26.0 Å². The lowest BCUT2D eigenvalue weighted by atomic mass is 10.1. The van der Waals surface area contributed by atoms with Crippen LogP contribution in [0, 0.1) is 5.92 Å². The second-order valence-electron chi connectivity index (χ2n) is 6.31. The molecule has 0 fully saturated rings. The number of hydrogen-bond acceptors (Lipinski definition) is 5. The number of carbonyl (C=O) groups excluding carboxylic acids is 3. The number of para-hydroxylation sites is 1. The van der Waals surface area contributed by atoms with Gasteiger partial charge in [0.15, 0.2) is 6.61 Å². The summed E-state index contributed by atoms with van der Waals surface area (Å²) in [4.78, 5) is 38.4. The lowest BCUT2D eigenvalue weighted by Crippen LogP contribution is -2.39. The third-order valence-electron chi connectivity index (χ3n) is 4.10. The number of amides is 2. The Morgan fingerprint density at radius 2 is 2.00 bits per heavy atom. The lowest BCUT2D eigenvalue weighted by molar-refractivity contribution is -0.148. The molecule has 1 aromatic rings. The molecular formula is C18H24N2O4S. The number of esters is 1. The molecule has 1 aliphatic heterocycles. The minimum atomic E-state index is -0.490. The van der Waals surface area contributed by atoms with Crippen LogP contribution in [-0.4, -0.2) is 42.7 Å². The van der Waals surface area contributed by atoms with Gasteiger partial charge in [0.05, 0.1) is 17.9 Å². The van der Waals surface area contributed by atoms with Crippen LogP contribution in [0.3, 0.4) is 0 Å². The van der Waals surface area contributed by atoms with Gasteiger partial charge in [-0.3, -0.25) is 14.4 Å². The van der Waals surface area contributed by atoms with Crippen molar-refractivity contribution in [3.63, 3.8) is 0 Å². The largest absolute Gasteiger partial charge is 0.456 e. The highest BCUT2D eigenvalue weighted by Crippen LogP contribution is 2.34. The molecule has 0 aromatic heterocycles. The lowest BCUT2D eigenvalue weighted by Gasteiger charge is -2.28. The van der Waals surface area contributed by atoms with Gasteiger partial charge in [0.2, 0.25) is 5.91 Å². The molecule has 0 saturated carbocycles. The normalized spacial score (nSPS) is 14.9. The molecule has 0 aliphatic carbocycles. The SMILES string of the molecule is CC(C)[C@H](C)NC(=O)COC(=O)CCN1C(=O)CSc2ccccc21. The Bertz CT molecular complexity index is 648. The first kappa shape index (κ1) is 19.3. The fourth-order valence-corrected chi connectivity index (χ4v) is 3.22. The van der Waals surface area contributed by atoms with E-state index in [-0.39, 0.29) is 37.4 Å². The molecule has 1 aliphatic rings. The number of anilines is 1. The van der Waals surface area contributed by atoms with Gasteiger partial charge in [0, 0.05) is 17.5 Å². The molecule has 0 unspecified atom stereocenters. The second kappa shape index (κ2) is 8.89. The predicted molar refractivity (Wildman–Crippen MR) is 97.5 cm³/mol. The third-order valence-corrected chi connectivity index (χ3v) is 5.15. The molecule has 2 amide bonds. The number of fused-ring (bicyclic) bond motifs is 1. The highest BCUT2D eigenvalue weighted by Gasteiger charge is 2.25. The fourth-order valence-electron chi connectivity index (χ4n) is 2.28. The van der Waals surface area contributed by atoms with E-state index in [1.54, 1.807) is 4.90 Å². The number of nitrogens with one attached hydrogen (secondary N) is 1. The number of thioether (sulfide) groups is 1. The average Bonchev–Trinajstić information content (AvgIpc) is 2.59. The van der Waals surface area contributed by atoms with Crippen LogP contribution < -0.4 is 10.2 Å². The van der Waals surface area contributed by atoms with Gasteiger partial charge in [-0.05, 0) is 25.0 Å². The summed E-state index contributed by atoms with van der Waals surface area (Å²) in [5.41, 5.74) is 0.819. The van der Waals surface area contributed by atoms with E-state index >= 15 is 0 Å². The van der Waals surface area contributed by atoms with Crippen molar-refractivity contribution in [3.8, 4) is 0 Å². The molecule has 7 heteroatoms. The van der Waals surface area contributed by atoms with E-state index in [0.717, 1.165) is 10.6 Å². The highest BCUT2D eigenvalue weighted by molar-refractivity contribution is 8.00. The van der Waals surface area contributed by atoms with Crippen LogP contribution in [0.25, 0.3) is 0 Å². The topological polar surface area (TPSA) is 75.7 Å². The zero-order valence-electron chi connectivity index (χ0n) is 14.8. The Hall–Kier alpha value is -2.02. The molecule has 2 rings (SSSR count). The van der Waals surface area contributed by atoms with Crippen LogP contribution in [0.15, 0.2) is 29.2 Å². The zero-order chi connectivity index (χ0) is 18.4. The smallest absolute Gasteiger partial charge is 0.308 e. The van der Waals surface area contributed by atoms with Gasteiger partial charge >= 0.3 is 5.97 Å². The van der Waals surface area contributed by atoms with E-state index in [1.165, 1.54) is 11.8 Å². The Labute approximate surface area is 152 Å². The zero-order valence-corrected chi connectivity index (χ0v) is 15.6. The molecule has 6 nitrogen and oxygen atoms in total. The van der Waals surface area contributed by atoms with Crippen molar-refractivity contribution in [1.82, 2.24) is 5.32 Å². The van der Waals surface area contributed by atoms with Crippen LogP contribution in [0.4, 0.5) is 5.69 Å². The number of ether oxygens (including phenoxy) is 1. The highest BCUT2D eigenvalue weighted by atomic mass is 32.2. The molecule has 25 heavy (non-hydrogen) atoms. The van der Waals surface area contributed by atoms with Crippen LogP contribution in [0.2, 0.25) is 0 Å².